The van der Waals surface area contributed by atoms with Crippen molar-refractivity contribution in [2.75, 3.05) is 6.61 Å². The standard InChI is InChI=1S/C23H17N3O5/c27-21(14-30-20-8-2-4-15-7-3-11-24-22(15)20)26-25-13-18-9-10-19(31-18)16-5-1-6-17(12-16)23(28)29/h1-13H,14H2,(H,26,27)(H,28,29). The number of fused-ring (bicyclic) bond motifs is 1. The van der Waals surface area contributed by atoms with E-state index in [0.29, 0.717) is 28.4 Å². The molecule has 2 aromatic carbocycles. The summed E-state index contributed by atoms with van der Waals surface area (Å²) >= 11 is 0. The Balaban J connectivity index is 1.34. The lowest BCUT2D eigenvalue weighted by atomic mass is 10.1. The van der Waals surface area contributed by atoms with E-state index in [1.807, 2.05) is 24.3 Å². The van der Waals surface area contributed by atoms with Crippen LogP contribution in [0.1, 0.15) is 16.1 Å². The summed E-state index contributed by atoms with van der Waals surface area (Å²) in [5, 5.41) is 13.9. The number of carbonyl (C=O) groups excluding carboxylic acids is 1. The Labute approximate surface area is 176 Å². The fourth-order valence-electron chi connectivity index (χ4n) is 2.92. The van der Waals surface area contributed by atoms with Gasteiger partial charge in [-0.1, -0.05) is 30.3 Å². The molecule has 0 radical (unpaired) electrons. The molecule has 8 nitrogen and oxygen atoms in total. The Morgan fingerprint density at radius 3 is 2.81 bits per heavy atom. The van der Waals surface area contributed by atoms with Crippen molar-refractivity contribution in [1.82, 2.24) is 10.4 Å². The number of nitrogens with zero attached hydrogens (tertiary/aromatic N) is 2. The maximum atomic E-state index is 12.0. The summed E-state index contributed by atoms with van der Waals surface area (Å²) in [6.07, 6.45) is 3.01. The van der Waals surface area contributed by atoms with Crippen LogP contribution < -0.4 is 10.2 Å². The van der Waals surface area contributed by atoms with Crippen LogP contribution in [0.4, 0.5) is 0 Å². The molecule has 31 heavy (non-hydrogen) atoms. The highest BCUT2D eigenvalue weighted by atomic mass is 16.5. The van der Waals surface area contributed by atoms with Crippen molar-refractivity contribution in [3.63, 3.8) is 0 Å². The molecule has 4 rings (SSSR count). The van der Waals surface area contributed by atoms with E-state index in [1.54, 1.807) is 36.5 Å². The lowest BCUT2D eigenvalue weighted by Gasteiger charge is -2.07. The molecule has 2 heterocycles. The van der Waals surface area contributed by atoms with Crippen molar-refractivity contribution in [2.24, 2.45) is 5.10 Å². The van der Waals surface area contributed by atoms with E-state index in [0.717, 1.165) is 5.39 Å². The summed E-state index contributed by atoms with van der Waals surface area (Å²) in [5.74, 6) is -0.0566. The number of pyridine rings is 1. The SMILES string of the molecule is O=C(COc1cccc2cccnc12)NN=Cc1ccc(-c2cccc(C(=O)O)c2)o1. The predicted molar refractivity (Wildman–Crippen MR) is 114 cm³/mol. The lowest BCUT2D eigenvalue weighted by molar-refractivity contribution is -0.123. The van der Waals surface area contributed by atoms with E-state index in [4.69, 9.17) is 14.3 Å². The third kappa shape index (κ3) is 4.76. The molecule has 0 unspecified atom stereocenters. The molecule has 0 saturated carbocycles. The van der Waals surface area contributed by atoms with E-state index in [9.17, 15) is 9.59 Å². The number of furan rings is 1. The van der Waals surface area contributed by atoms with Crippen molar-refractivity contribution in [3.8, 4) is 17.1 Å². The van der Waals surface area contributed by atoms with E-state index >= 15 is 0 Å². The molecular weight excluding hydrogens is 398 g/mol. The second-order valence-corrected chi connectivity index (χ2v) is 6.50. The molecular formula is C23H17N3O5. The number of benzene rings is 2. The van der Waals surface area contributed by atoms with Gasteiger partial charge >= 0.3 is 5.97 Å². The van der Waals surface area contributed by atoms with Gasteiger partial charge in [-0.25, -0.2) is 10.2 Å². The van der Waals surface area contributed by atoms with Crippen LogP contribution in [-0.2, 0) is 4.79 Å². The Bertz CT molecular complexity index is 1270. The number of aromatic nitrogens is 1. The van der Waals surface area contributed by atoms with Crippen LogP contribution in [0.15, 0.2) is 82.4 Å². The number of aromatic carboxylic acids is 1. The van der Waals surface area contributed by atoms with Crippen molar-refractivity contribution >= 4 is 29.0 Å². The maximum Gasteiger partial charge on any atom is 0.335 e. The molecule has 0 aliphatic heterocycles. The molecule has 154 valence electrons. The molecule has 0 atom stereocenters. The van der Waals surface area contributed by atoms with Gasteiger partial charge in [-0.15, -0.1) is 0 Å². The smallest absolute Gasteiger partial charge is 0.335 e. The number of para-hydroxylation sites is 1. The number of carboxylic acid groups (broad SMARTS) is 1. The lowest BCUT2D eigenvalue weighted by Crippen LogP contribution is -2.24. The van der Waals surface area contributed by atoms with Gasteiger partial charge in [0.25, 0.3) is 5.91 Å². The topological polar surface area (TPSA) is 114 Å². The number of carboxylic acids is 1. The fraction of sp³-hybridized carbons (Fsp3) is 0.0435. The van der Waals surface area contributed by atoms with Gasteiger partial charge in [0.2, 0.25) is 0 Å². The number of rotatable bonds is 7. The predicted octanol–water partition coefficient (Wildman–Crippen LogP) is 3.72. The Kier molecular flexibility index (Phi) is 5.70. The van der Waals surface area contributed by atoms with Crippen LogP contribution in [0.5, 0.6) is 5.75 Å². The van der Waals surface area contributed by atoms with Crippen LogP contribution >= 0.6 is 0 Å². The minimum Gasteiger partial charge on any atom is -0.481 e. The first-order valence-electron chi connectivity index (χ1n) is 9.32. The molecule has 0 bridgehead atoms. The first kappa shape index (κ1) is 19.8. The van der Waals surface area contributed by atoms with Crippen molar-refractivity contribution in [1.29, 1.82) is 0 Å². The molecule has 0 aliphatic carbocycles. The summed E-state index contributed by atoms with van der Waals surface area (Å²) in [6, 6.07) is 19.0. The van der Waals surface area contributed by atoms with Gasteiger partial charge in [0.15, 0.2) is 6.61 Å². The van der Waals surface area contributed by atoms with Gasteiger partial charge in [-0.05, 0) is 36.4 Å². The molecule has 8 heteroatoms. The number of ether oxygens (including phenoxy) is 1. The zero-order valence-corrected chi connectivity index (χ0v) is 16.2. The molecule has 4 aromatic rings. The number of hydrazone groups is 1. The molecule has 0 fully saturated rings. The minimum absolute atomic E-state index is 0.165. The number of nitrogens with one attached hydrogen (secondary N) is 1. The highest BCUT2D eigenvalue weighted by Crippen LogP contribution is 2.23. The molecule has 0 aliphatic rings. The number of hydrogen-bond acceptors (Lipinski definition) is 6. The van der Waals surface area contributed by atoms with E-state index in [1.165, 1.54) is 18.3 Å². The van der Waals surface area contributed by atoms with Crippen molar-refractivity contribution < 1.29 is 23.8 Å². The number of carbonyl (C=O) groups is 2. The summed E-state index contributed by atoms with van der Waals surface area (Å²) in [4.78, 5) is 27.4. The zero-order valence-electron chi connectivity index (χ0n) is 16.2. The van der Waals surface area contributed by atoms with Crippen LogP contribution in [0.2, 0.25) is 0 Å². The average Bonchev–Trinajstić information content (AvgIpc) is 3.27. The minimum atomic E-state index is -1.01. The normalized spacial score (nSPS) is 11.0. The third-order valence-corrected chi connectivity index (χ3v) is 4.36. The quantitative estimate of drug-likeness (QED) is 0.351. The van der Waals surface area contributed by atoms with Gasteiger partial charge in [-0.2, -0.15) is 5.10 Å². The summed E-state index contributed by atoms with van der Waals surface area (Å²) in [5.41, 5.74) is 3.84. The van der Waals surface area contributed by atoms with Crippen LogP contribution in [0.25, 0.3) is 22.2 Å². The largest absolute Gasteiger partial charge is 0.481 e. The van der Waals surface area contributed by atoms with Gasteiger partial charge in [0, 0.05) is 17.1 Å². The Morgan fingerprint density at radius 1 is 1.10 bits per heavy atom. The van der Waals surface area contributed by atoms with Crippen LogP contribution in [0.3, 0.4) is 0 Å². The van der Waals surface area contributed by atoms with E-state index < -0.39 is 11.9 Å². The van der Waals surface area contributed by atoms with E-state index in [-0.39, 0.29) is 12.2 Å². The number of hydrogen-bond donors (Lipinski definition) is 2. The summed E-state index contributed by atoms with van der Waals surface area (Å²) in [6.45, 7) is -0.224. The second kappa shape index (κ2) is 8.91. The Morgan fingerprint density at radius 2 is 1.94 bits per heavy atom. The first-order chi connectivity index (χ1) is 15.1. The van der Waals surface area contributed by atoms with Gasteiger partial charge in [-0.3, -0.25) is 9.78 Å². The maximum absolute atomic E-state index is 12.0. The van der Waals surface area contributed by atoms with Crippen LogP contribution in [0, 0.1) is 0 Å². The molecule has 2 aromatic heterocycles. The zero-order chi connectivity index (χ0) is 21.6. The number of amides is 1. The summed E-state index contributed by atoms with van der Waals surface area (Å²) in [7, 11) is 0. The molecule has 0 spiro atoms. The first-order valence-corrected chi connectivity index (χ1v) is 9.32. The van der Waals surface area contributed by atoms with Gasteiger partial charge in [0.05, 0.1) is 11.8 Å². The summed E-state index contributed by atoms with van der Waals surface area (Å²) < 4.78 is 11.2. The highest BCUT2D eigenvalue weighted by Gasteiger charge is 2.09. The van der Waals surface area contributed by atoms with E-state index in [2.05, 4.69) is 15.5 Å². The van der Waals surface area contributed by atoms with Crippen LogP contribution in [-0.4, -0.2) is 34.8 Å². The fourth-order valence-corrected chi connectivity index (χ4v) is 2.92. The van der Waals surface area contributed by atoms with Crippen molar-refractivity contribution in [2.45, 2.75) is 0 Å². The average molecular weight is 415 g/mol. The second-order valence-electron chi connectivity index (χ2n) is 6.50. The highest BCUT2D eigenvalue weighted by molar-refractivity contribution is 5.89. The Hall–Kier alpha value is -4.46. The third-order valence-electron chi connectivity index (χ3n) is 4.36. The molecule has 1 amide bonds. The molecule has 0 saturated heterocycles. The monoisotopic (exact) mass is 415 g/mol. The molecule has 2 N–H and O–H groups in total. The van der Waals surface area contributed by atoms with Crippen molar-refractivity contribution in [3.05, 3.63) is 84.3 Å². The van der Waals surface area contributed by atoms with Gasteiger partial charge < -0.3 is 14.3 Å². The van der Waals surface area contributed by atoms with Gasteiger partial charge in [0.1, 0.15) is 22.8 Å².